The van der Waals surface area contributed by atoms with Crippen LogP contribution in [-0.4, -0.2) is 32.8 Å². The van der Waals surface area contributed by atoms with E-state index in [1.807, 2.05) is 20.8 Å². The van der Waals surface area contributed by atoms with Crippen LogP contribution in [0.15, 0.2) is 18.2 Å². The number of tetrazole rings is 1. The summed E-state index contributed by atoms with van der Waals surface area (Å²) < 4.78 is 13.6. The van der Waals surface area contributed by atoms with Gasteiger partial charge in [0.2, 0.25) is 0 Å². The van der Waals surface area contributed by atoms with Crippen molar-refractivity contribution in [2.45, 2.75) is 33.2 Å². The molecular weight excluding hydrogens is 287 g/mol. The lowest BCUT2D eigenvalue weighted by Crippen LogP contribution is -2.31. The average Bonchev–Trinajstić information content (AvgIpc) is 2.91. The topological polar surface area (TPSA) is 84.7 Å². The third kappa shape index (κ3) is 4.24. The maximum atomic E-state index is 13.6. The highest BCUT2D eigenvalue weighted by atomic mass is 19.1. The monoisotopic (exact) mass is 306 g/mol. The minimum atomic E-state index is -0.448. The molecule has 0 aliphatic heterocycles. The van der Waals surface area contributed by atoms with Crippen LogP contribution in [0.2, 0.25) is 0 Å². The zero-order chi connectivity index (χ0) is 16.1. The number of amides is 2. The number of carbonyl (C=O) groups excluding carboxylic acids is 1. The van der Waals surface area contributed by atoms with E-state index in [-0.39, 0.29) is 17.8 Å². The van der Waals surface area contributed by atoms with Crippen LogP contribution in [0, 0.1) is 12.7 Å². The molecule has 118 valence electrons. The first kappa shape index (κ1) is 15.9. The van der Waals surface area contributed by atoms with Gasteiger partial charge in [-0.15, -0.1) is 5.10 Å². The summed E-state index contributed by atoms with van der Waals surface area (Å²) in [4.78, 5) is 13.1. The van der Waals surface area contributed by atoms with Crippen molar-refractivity contribution in [3.8, 4) is 0 Å². The number of hydrogen-bond donors (Lipinski definition) is 2. The Labute approximate surface area is 127 Å². The molecular formula is C14H19FN6O. The highest BCUT2D eigenvalue weighted by Gasteiger charge is 2.09. The van der Waals surface area contributed by atoms with E-state index in [9.17, 15) is 9.18 Å². The Bertz CT molecular complexity index is 655. The number of aromatic nitrogens is 4. The van der Waals surface area contributed by atoms with Gasteiger partial charge in [-0.3, -0.25) is 5.32 Å². The van der Waals surface area contributed by atoms with Crippen molar-refractivity contribution >= 4 is 12.0 Å². The van der Waals surface area contributed by atoms with Crippen molar-refractivity contribution in [3.63, 3.8) is 0 Å². The van der Waals surface area contributed by atoms with Crippen LogP contribution in [0.1, 0.15) is 31.0 Å². The summed E-state index contributed by atoms with van der Waals surface area (Å²) in [6.45, 7) is 6.02. The summed E-state index contributed by atoms with van der Waals surface area (Å²) in [5, 5.41) is 16.6. The molecule has 8 heteroatoms. The van der Waals surface area contributed by atoms with E-state index >= 15 is 0 Å². The molecule has 1 heterocycles. The van der Waals surface area contributed by atoms with Gasteiger partial charge in [0, 0.05) is 6.54 Å². The van der Waals surface area contributed by atoms with Crippen LogP contribution in [0.5, 0.6) is 0 Å². The summed E-state index contributed by atoms with van der Waals surface area (Å²) in [7, 11) is 0. The van der Waals surface area contributed by atoms with E-state index in [0.717, 1.165) is 5.56 Å². The lowest BCUT2D eigenvalue weighted by Gasteiger charge is -2.06. The van der Waals surface area contributed by atoms with Gasteiger partial charge in [0.1, 0.15) is 5.82 Å². The van der Waals surface area contributed by atoms with Crippen LogP contribution >= 0.6 is 0 Å². The summed E-state index contributed by atoms with van der Waals surface area (Å²) in [5.41, 5.74) is 1.56. The molecule has 0 radical (unpaired) electrons. The Hall–Kier alpha value is -2.51. The van der Waals surface area contributed by atoms with E-state index in [1.54, 1.807) is 12.1 Å². The molecule has 0 fully saturated rings. The standard InChI is InChI=1S/C14H19FN6O/c1-9(2)21-19-13(18-20-21)17-14(22)16-7-6-11-8-10(3)4-5-12(11)15/h4-5,8-9H,6-7H2,1-3H3,(H2,16,17,19,22). The second-order valence-corrected chi connectivity index (χ2v) is 5.25. The Balaban J connectivity index is 1.81. The first-order valence-electron chi connectivity index (χ1n) is 7.05. The Kier molecular flexibility index (Phi) is 5.03. The SMILES string of the molecule is Cc1ccc(F)c(CCNC(=O)Nc2nnn(C(C)C)n2)c1. The van der Waals surface area contributed by atoms with Gasteiger partial charge in [-0.05, 0) is 44.0 Å². The van der Waals surface area contributed by atoms with Gasteiger partial charge in [-0.1, -0.05) is 22.8 Å². The smallest absolute Gasteiger partial charge is 0.321 e. The maximum Gasteiger partial charge on any atom is 0.321 e. The van der Waals surface area contributed by atoms with E-state index in [2.05, 4.69) is 26.0 Å². The summed E-state index contributed by atoms with van der Waals surface area (Å²) in [6, 6.07) is 4.53. The molecule has 0 bridgehead atoms. The number of urea groups is 1. The molecule has 0 aliphatic carbocycles. The lowest BCUT2D eigenvalue weighted by atomic mass is 10.1. The molecule has 2 amide bonds. The van der Waals surface area contributed by atoms with E-state index in [1.165, 1.54) is 10.9 Å². The number of halogens is 1. The Morgan fingerprint density at radius 1 is 1.41 bits per heavy atom. The second kappa shape index (κ2) is 6.97. The predicted octanol–water partition coefficient (Wildman–Crippen LogP) is 2.07. The van der Waals surface area contributed by atoms with Crippen LogP contribution in [0.4, 0.5) is 15.1 Å². The van der Waals surface area contributed by atoms with Gasteiger partial charge in [0.05, 0.1) is 6.04 Å². The fraction of sp³-hybridized carbons (Fsp3) is 0.429. The van der Waals surface area contributed by atoms with Crippen molar-refractivity contribution < 1.29 is 9.18 Å². The van der Waals surface area contributed by atoms with E-state index in [0.29, 0.717) is 18.5 Å². The molecule has 0 atom stereocenters. The zero-order valence-corrected chi connectivity index (χ0v) is 12.8. The van der Waals surface area contributed by atoms with E-state index in [4.69, 9.17) is 0 Å². The largest absolute Gasteiger partial charge is 0.337 e. The molecule has 0 saturated heterocycles. The fourth-order valence-corrected chi connectivity index (χ4v) is 1.85. The Morgan fingerprint density at radius 3 is 2.86 bits per heavy atom. The lowest BCUT2D eigenvalue weighted by molar-refractivity contribution is 0.252. The number of aryl methyl sites for hydroxylation is 1. The molecule has 1 aromatic carbocycles. The Morgan fingerprint density at radius 2 is 2.18 bits per heavy atom. The molecule has 0 unspecified atom stereocenters. The quantitative estimate of drug-likeness (QED) is 0.885. The number of anilines is 1. The van der Waals surface area contributed by atoms with Crippen molar-refractivity contribution in [3.05, 3.63) is 35.1 Å². The average molecular weight is 306 g/mol. The summed E-state index contributed by atoms with van der Waals surface area (Å²) >= 11 is 0. The van der Waals surface area contributed by atoms with Crippen molar-refractivity contribution in [1.82, 2.24) is 25.5 Å². The number of hydrogen-bond acceptors (Lipinski definition) is 4. The second-order valence-electron chi connectivity index (χ2n) is 5.25. The zero-order valence-electron chi connectivity index (χ0n) is 12.8. The van der Waals surface area contributed by atoms with Gasteiger partial charge in [-0.2, -0.15) is 4.80 Å². The fourth-order valence-electron chi connectivity index (χ4n) is 1.85. The van der Waals surface area contributed by atoms with Crippen molar-refractivity contribution in [2.24, 2.45) is 0 Å². The first-order chi connectivity index (χ1) is 10.5. The summed E-state index contributed by atoms with van der Waals surface area (Å²) in [5.74, 6) is -0.137. The predicted molar refractivity (Wildman–Crippen MR) is 80.1 cm³/mol. The highest BCUT2D eigenvalue weighted by Crippen LogP contribution is 2.10. The van der Waals surface area contributed by atoms with Crippen LogP contribution in [0.3, 0.4) is 0 Å². The molecule has 2 rings (SSSR count). The highest BCUT2D eigenvalue weighted by molar-refractivity contribution is 5.87. The van der Waals surface area contributed by atoms with Crippen LogP contribution < -0.4 is 10.6 Å². The molecule has 2 N–H and O–H groups in total. The summed E-state index contributed by atoms with van der Waals surface area (Å²) in [6.07, 6.45) is 0.410. The van der Waals surface area contributed by atoms with Gasteiger partial charge >= 0.3 is 6.03 Å². The number of nitrogens with zero attached hydrogens (tertiary/aromatic N) is 4. The van der Waals surface area contributed by atoms with E-state index < -0.39 is 6.03 Å². The van der Waals surface area contributed by atoms with Gasteiger partial charge in [0.15, 0.2) is 0 Å². The van der Waals surface area contributed by atoms with Crippen molar-refractivity contribution in [1.29, 1.82) is 0 Å². The first-order valence-corrected chi connectivity index (χ1v) is 7.05. The molecule has 1 aromatic heterocycles. The number of nitrogens with one attached hydrogen (secondary N) is 2. The minimum absolute atomic E-state index is 0.0652. The molecule has 22 heavy (non-hydrogen) atoms. The molecule has 2 aromatic rings. The molecule has 0 aliphatic rings. The number of carbonyl (C=O) groups is 1. The molecule has 0 saturated carbocycles. The number of benzene rings is 1. The molecule has 0 spiro atoms. The normalized spacial score (nSPS) is 10.8. The van der Waals surface area contributed by atoms with Gasteiger partial charge in [-0.25, -0.2) is 9.18 Å². The maximum absolute atomic E-state index is 13.6. The van der Waals surface area contributed by atoms with Gasteiger partial charge in [0.25, 0.3) is 5.95 Å². The third-order valence-electron chi connectivity index (χ3n) is 3.00. The number of rotatable bonds is 5. The third-order valence-corrected chi connectivity index (χ3v) is 3.00. The van der Waals surface area contributed by atoms with Gasteiger partial charge < -0.3 is 5.32 Å². The minimum Gasteiger partial charge on any atom is -0.337 e. The van der Waals surface area contributed by atoms with Crippen molar-refractivity contribution in [2.75, 3.05) is 11.9 Å². The van der Waals surface area contributed by atoms with Crippen LogP contribution in [-0.2, 0) is 6.42 Å². The van der Waals surface area contributed by atoms with Crippen LogP contribution in [0.25, 0.3) is 0 Å². The molecule has 7 nitrogen and oxygen atoms in total.